The van der Waals surface area contributed by atoms with Gasteiger partial charge in [0.15, 0.2) is 5.16 Å². The Labute approximate surface area is 163 Å². The lowest BCUT2D eigenvalue weighted by Crippen LogP contribution is -2.42. The molecular weight excluding hydrogens is 358 g/mol. The lowest BCUT2D eigenvalue weighted by Gasteiger charge is -2.25. The van der Waals surface area contributed by atoms with E-state index in [9.17, 15) is 4.79 Å². The third kappa shape index (κ3) is 5.34. The molecular formula is C20H23N5OS. The topological polar surface area (TPSA) is 63.1 Å². The van der Waals surface area contributed by atoms with Crippen molar-refractivity contribution in [3.63, 3.8) is 0 Å². The van der Waals surface area contributed by atoms with Gasteiger partial charge in [0, 0.05) is 6.04 Å². The summed E-state index contributed by atoms with van der Waals surface area (Å²) >= 11 is 1.38. The molecule has 27 heavy (non-hydrogen) atoms. The first-order valence-corrected chi connectivity index (χ1v) is 9.80. The van der Waals surface area contributed by atoms with E-state index in [1.54, 1.807) is 6.33 Å². The van der Waals surface area contributed by atoms with Crippen LogP contribution in [-0.4, -0.2) is 26.4 Å². The first-order chi connectivity index (χ1) is 13.1. The van der Waals surface area contributed by atoms with Crippen LogP contribution in [0.3, 0.4) is 0 Å². The lowest BCUT2D eigenvalue weighted by atomic mass is 10.2. The van der Waals surface area contributed by atoms with Crippen molar-refractivity contribution in [3.05, 3.63) is 72.6 Å². The third-order valence-electron chi connectivity index (χ3n) is 3.94. The standard InChI is InChI=1S/C20H23N5OS/c1-16(2)24-15-21-22-20(24)27-14-19(26)23-25(18-11-7-4-8-12-18)13-17-9-5-3-6-10-17/h3-12,15-16H,13-14H2,1-2H3,(H,23,26). The van der Waals surface area contributed by atoms with Crippen molar-refractivity contribution in [2.45, 2.75) is 31.6 Å². The summed E-state index contributed by atoms with van der Waals surface area (Å²) in [4.78, 5) is 12.6. The van der Waals surface area contributed by atoms with Crippen LogP contribution < -0.4 is 10.4 Å². The van der Waals surface area contributed by atoms with Gasteiger partial charge in [-0.05, 0) is 31.5 Å². The van der Waals surface area contributed by atoms with Crippen molar-refractivity contribution >= 4 is 23.4 Å². The monoisotopic (exact) mass is 381 g/mol. The van der Waals surface area contributed by atoms with Crippen LogP contribution in [0.2, 0.25) is 0 Å². The minimum absolute atomic E-state index is 0.0851. The van der Waals surface area contributed by atoms with Gasteiger partial charge < -0.3 is 4.57 Å². The molecule has 0 aliphatic carbocycles. The molecule has 1 heterocycles. The molecule has 0 unspecified atom stereocenters. The fourth-order valence-corrected chi connectivity index (χ4v) is 3.41. The number of carbonyl (C=O) groups is 1. The molecule has 0 aliphatic heterocycles. The maximum absolute atomic E-state index is 12.6. The van der Waals surface area contributed by atoms with Crippen molar-refractivity contribution in [3.8, 4) is 0 Å². The van der Waals surface area contributed by atoms with Gasteiger partial charge >= 0.3 is 0 Å². The minimum Gasteiger partial charge on any atom is -0.306 e. The molecule has 1 N–H and O–H groups in total. The van der Waals surface area contributed by atoms with Gasteiger partial charge in [-0.15, -0.1) is 10.2 Å². The molecule has 0 atom stereocenters. The normalized spacial score (nSPS) is 10.8. The van der Waals surface area contributed by atoms with Crippen LogP contribution in [0.1, 0.15) is 25.5 Å². The second kappa shape index (κ2) is 9.23. The Morgan fingerprint density at radius 2 is 1.78 bits per heavy atom. The predicted molar refractivity (Wildman–Crippen MR) is 108 cm³/mol. The molecule has 0 radical (unpaired) electrons. The van der Waals surface area contributed by atoms with Gasteiger partial charge in [0.05, 0.1) is 18.0 Å². The van der Waals surface area contributed by atoms with E-state index in [-0.39, 0.29) is 17.7 Å². The zero-order chi connectivity index (χ0) is 19.1. The Morgan fingerprint density at radius 3 is 2.44 bits per heavy atom. The van der Waals surface area contributed by atoms with Crippen LogP contribution in [0.15, 0.2) is 72.1 Å². The summed E-state index contributed by atoms with van der Waals surface area (Å²) in [5.41, 5.74) is 5.06. The number of carbonyl (C=O) groups excluding carboxylic acids is 1. The summed E-state index contributed by atoms with van der Waals surface area (Å²) in [5.74, 6) is 0.182. The fraction of sp³-hybridized carbons (Fsp3) is 0.250. The average molecular weight is 382 g/mol. The van der Waals surface area contributed by atoms with Gasteiger partial charge in [-0.25, -0.2) is 0 Å². The highest BCUT2D eigenvalue weighted by Crippen LogP contribution is 2.19. The highest BCUT2D eigenvalue weighted by Gasteiger charge is 2.14. The Morgan fingerprint density at radius 1 is 1.11 bits per heavy atom. The number of nitrogens with one attached hydrogen (secondary N) is 1. The van der Waals surface area contributed by atoms with Crippen LogP contribution in [0.25, 0.3) is 0 Å². The Hall–Kier alpha value is -2.80. The number of thioether (sulfide) groups is 1. The van der Waals surface area contributed by atoms with Gasteiger partial charge in [0.2, 0.25) is 5.91 Å². The number of hydrogen-bond donors (Lipinski definition) is 1. The third-order valence-corrected chi connectivity index (χ3v) is 4.90. The number of hydrogen-bond acceptors (Lipinski definition) is 5. The number of para-hydroxylation sites is 1. The molecule has 2 aromatic carbocycles. The van der Waals surface area contributed by atoms with Crippen LogP contribution in [0.5, 0.6) is 0 Å². The summed E-state index contributed by atoms with van der Waals surface area (Å²) < 4.78 is 1.96. The summed E-state index contributed by atoms with van der Waals surface area (Å²) in [6, 6.07) is 20.1. The van der Waals surface area contributed by atoms with Gasteiger partial charge in [0.1, 0.15) is 6.33 Å². The van der Waals surface area contributed by atoms with Crippen molar-refractivity contribution in [1.82, 2.24) is 20.2 Å². The SMILES string of the molecule is CC(C)n1cnnc1SCC(=O)NN(Cc1ccccc1)c1ccccc1. The molecule has 0 spiro atoms. The first-order valence-electron chi connectivity index (χ1n) is 8.82. The molecule has 3 rings (SSSR count). The van der Waals surface area contributed by atoms with E-state index in [4.69, 9.17) is 0 Å². The highest BCUT2D eigenvalue weighted by molar-refractivity contribution is 7.99. The number of anilines is 1. The van der Waals surface area contributed by atoms with Crippen LogP contribution in [0.4, 0.5) is 5.69 Å². The molecule has 6 nitrogen and oxygen atoms in total. The molecule has 3 aromatic rings. The van der Waals surface area contributed by atoms with Crippen molar-refractivity contribution in [2.24, 2.45) is 0 Å². The quantitative estimate of drug-likeness (QED) is 0.476. The summed E-state index contributed by atoms with van der Waals surface area (Å²) in [7, 11) is 0. The van der Waals surface area contributed by atoms with E-state index in [2.05, 4.69) is 29.5 Å². The molecule has 1 amide bonds. The number of benzene rings is 2. The van der Waals surface area contributed by atoms with E-state index in [1.807, 2.05) is 70.2 Å². The van der Waals surface area contributed by atoms with Gasteiger partial charge in [-0.3, -0.25) is 15.2 Å². The van der Waals surface area contributed by atoms with Crippen molar-refractivity contribution in [2.75, 3.05) is 10.8 Å². The summed E-state index contributed by atoms with van der Waals surface area (Å²) in [5, 5.41) is 10.6. The van der Waals surface area contributed by atoms with E-state index < -0.39 is 0 Å². The number of hydrazine groups is 1. The van der Waals surface area contributed by atoms with E-state index in [0.29, 0.717) is 6.54 Å². The van der Waals surface area contributed by atoms with Crippen LogP contribution in [-0.2, 0) is 11.3 Å². The zero-order valence-electron chi connectivity index (χ0n) is 15.4. The maximum atomic E-state index is 12.6. The van der Waals surface area contributed by atoms with Crippen LogP contribution in [0, 0.1) is 0 Å². The van der Waals surface area contributed by atoms with Gasteiger partial charge in [-0.2, -0.15) is 0 Å². The average Bonchev–Trinajstić information content (AvgIpc) is 3.16. The van der Waals surface area contributed by atoms with E-state index in [1.165, 1.54) is 11.8 Å². The fourth-order valence-electron chi connectivity index (χ4n) is 2.57. The van der Waals surface area contributed by atoms with E-state index in [0.717, 1.165) is 16.4 Å². The van der Waals surface area contributed by atoms with Gasteiger partial charge in [-0.1, -0.05) is 60.3 Å². The summed E-state index contributed by atoms with van der Waals surface area (Å²) in [6.07, 6.45) is 1.69. The molecule has 140 valence electrons. The maximum Gasteiger partial charge on any atom is 0.248 e. The minimum atomic E-state index is -0.0851. The van der Waals surface area contributed by atoms with E-state index >= 15 is 0 Å². The number of aromatic nitrogens is 3. The smallest absolute Gasteiger partial charge is 0.248 e. The molecule has 0 bridgehead atoms. The molecule has 7 heteroatoms. The predicted octanol–water partition coefficient (Wildman–Crippen LogP) is 3.69. The lowest BCUT2D eigenvalue weighted by molar-refractivity contribution is -0.118. The molecule has 0 saturated carbocycles. The second-order valence-corrected chi connectivity index (χ2v) is 7.29. The van der Waals surface area contributed by atoms with Crippen molar-refractivity contribution in [1.29, 1.82) is 0 Å². The second-order valence-electron chi connectivity index (χ2n) is 6.35. The summed E-state index contributed by atoms with van der Waals surface area (Å²) in [6.45, 7) is 4.71. The Kier molecular flexibility index (Phi) is 6.49. The Balaban J connectivity index is 1.66. The molecule has 1 aromatic heterocycles. The number of nitrogens with zero attached hydrogens (tertiary/aromatic N) is 4. The molecule has 0 aliphatic rings. The molecule has 0 saturated heterocycles. The van der Waals surface area contributed by atoms with Crippen molar-refractivity contribution < 1.29 is 4.79 Å². The number of rotatable bonds is 8. The molecule has 0 fully saturated rings. The Bertz CT molecular complexity index is 851. The first kappa shape index (κ1) is 19.0. The highest BCUT2D eigenvalue weighted by atomic mass is 32.2. The number of amides is 1. The zero-order valence-corrected chi connectivity index (χ0v) is 16.3. The van der Waals surface area contributed by atoms with Crippen LogP contribution >= 0.6 is 11.8 Å². The largest absolute Gasteiger partial charge is 0.306 e. The van der Waals surface area contributed by atoms with Gasteiger partial charge in [0.25, 0.3) is 0 Å².